The third kappa shape index (κ3) is 2.95. The Morgan fingerprint density at radius 3 is 2.82 bits per heavy atom. The third-order valence-corrected chi connectivity index (χ3v) is 3.35. The summed E-state index contributed by atoms with van der Waals surface area (Å²) in [6.07, 6.45) is 3.67. The van der Waals surface area contributed by atoms with Crippen LogP contribution < -0.4 is 10.1 Å². The molecule has 2 heterocycles. The SMILES string of the molecule is COc1nc(C2CC2)nc(NCc2ccccn2)c1[N+](=O)[O-]. The smallest absolute Gasteiger partial charge is 0.372 e. The Labute approximate surface area is 126 Å². The zero-order valence-electron chi connectivity index (χ0n) is 12.0. The van der Waals surface area contributed by atoms with Crippen molar-refractivity contribution in [1.82, 2.24) is 15.0 Å². The standard InChI is InChI=1S/C14H15N5O3/c1-22-14-11(19(20)21)13(17-12(18-14)9-5-6-9)16-8-10-4-2-3-7-15-10/h2-4,7,9H,5-6,8H2,1H3,(H,16,17,18). The molecule has 0 atom stereocenters. The quantitative estimate of drug-likeness (QED) is 0.644. The van der Waals surface area contributed by atoms with Crippen molar-refractivity contribution in [3.63, 3.8) is 0 Å². The van der Waals surface area contributed by atoms with Crippen molar-refractivity contribution >= 4 is 11.5 Å². The van der Waals surface area contributed by atoms with Gasteiger partial charge in [0.25, 0.3) is 5.88 Å². The first kappa shape index (κ1) is 14.2. The van der Waals surface area contributed by atoms with E-state index >= 15 is 0 Å². The van der Waals surface area contributed by atoms with Gasteiger partial charge in [0.2, 0.25) is 5.82 Å². The predicted octanol–water partition coefficient (Wildman–Crippen LogP) is 2.28. The fourth-order valence-corrected chi connectivity index (χ4v) is 2.08. The molecule has 1 N–H and O–H groups in total. The van der Waals surface area contributed by atoms with E-state index in [0.717, 1.165) is 18.5 Å². The molecule has 22 heavy (non-hydrogen) atoms. The number of ether oxygens (including phenoxy) is 1. The molecule has 1 saturated carbocycles. The highest BCUT2D eigenvalue weighted by Crippen LogP contribution is 2.41. The van der Waals surface area contributed by atoms with Crippen LogP contribution in [0.15, 0.2) is 24.4 Å². The van der Waals surface area contributed by atoms with Crippen molar-refractivity contribution in [2.24, 2.45) is 0 Å². The van der Waals surface area contributed by atoms with Gasteiger partial charge < -0.3 is 10.1 Å². The molecule has 0 radical (unpaired) electrons. The summed E-state index contributed by atoms with van der Waals surface area (Å²) < 4.78 is 5.07. The Morgan fingerprint density at radius 2 is 2.23 bits per heavy atom. The molecule has 0 saturated heterocycles. The fourth-order valence-electron chi connectivity index (χ4n) is 2.08. The minimum atomic E-state index is -0.531. The van der Waals surface area contributed by atoms with Gasteiger partial charge in [-0.3, -0.25) is 15.1 Å². The molecule has 3 rings (SSSR count). The molecule has 1 aliphatic rings. The topological polar surface area (TPSA) is 103 Å². The van der Waals surface area contributed by atoms with E-state index in [0.29, 0.717) is 12.4 Å². The lowest BCUT2D eigenvalue weighted by Crippen LogP contribution is -2.10. The average molecular weight is 301 g/mol. The number of anilines is 1. The molecule has 8 nitrogen and oxygen atoms in total. The van der Waals surface area contributed by atoms with Crippen LogP contribution in [0.25, 0.3) is 0 Å². The average Bonchev–Trinajstić information content (AvgIpc) is 3.37. The van der Waals surface area contributed by atoms with Crippen molar-refractivity contribution in [3.8, 4) is 5.88 Å². The lowest BCUT2D eigenvalue weighted by atomic mass is 10.3. The Balaban J connectivity index is 1.92. The predicted molar refractivity (Wildman–Crippen MR) is 78.8 cm³/mol. The molecule has 0 amide bonds. The third-order valence-electron chi connectivity index (χ3n) is 3.35. The van der Waals surface area contributed by atoms with Gasteiger partial charge in [-0.2, -0.15) is 4.98 Å². The van der Waals surface area contributed by atoms with Gasteiger partial charge in [-0.1, -0.05) is 6.07 Å². The van der Waals surface area contributed by atoms with E-state index in [2.05, 4.69) is 20.3 Å². The van der Waals surface area contributed by atoms with Crippen LogP contribution in [0.4, 0.5) is 11.5 Å². The van der Waals surface area contributed by atoms with Crippen LogP contribution in [0.3, 0.4) is 0 Å². The van der Waals surface area contributed by atoms with Gasteiger partial charge in [-0.15, -0.1) is 0 Å². The minimum Gasteiger partial charge on any atom is -0.476 e. The lowest BCUT2D eigenvalue weighted by molar-refractivity contribution is -0.385. The first-order chi connectivity index (χ1) is 10.7. The maximum absolute atomic E-state index is 11.3. The molecule has 8 heteroatoms. The number of methoxy groups -OCH3 is 1. The number of hydrogen-bond donors (Lipinski definition) is 1. The molecule has 2 aromatic heterocycles. The Bertz CT molecular complexity index is 688. The van der Waals surface area contributed by atoms with Crippen LogP contribution >= 0.6 is 0 Å². The largest absolute Gasteiger partial charge is 0.476 e. The van der Waals surface area contributed by atoms with Gasteiger partial charge in [0.15, 0.2) is 0 Å². The molecule has 0 aromatic carbocycles. The number of rotatable bonds is 6. The summed E-state index contributed by atoms with van der Waals surface area (Å²) in [7, 11) is 1.37. The molecule has 0 spiro atoms. The number of pyridine rings is 1. The van der Waals surface area contributed by atoms with Crippen LogP contribution in [0, 0.1) is 10.1 Å². The van der Waals surface area contributed by atoms with Gasteiger partial charge in [-0.05, 0) is 25.0 Å². The Morgan fingerprint density at radius 1 is 1.41 bits per heavy atom. The van der Waals surface area contributed by atoms with E-state index in [1.165, 1.54) is 7.11 Å². The Kier molecular flexibility index (Phi) is 3.82. The van der Waals surface area contributed by atoms with E-state index < -0.39 is 4.92 Å². The van der Waals surface area contributed by atoms with Crippen molar-refractivity contribution < 1.29 is 9.66 Å². The van der Waals surface area contributed by atoms with Gasteiger partial charge in [-0.25, -0.2) is 4.98 Å². The zero-order valence-corrected chi connectivity index (χ0v) is 12.0. The maximum atomic E-state index is 11.3. The van der Waals surface area contributed by atoms with Crippen LogP contribution in [0.5, 0.6) is 5.88 Å². The summed E-state index contributed by atoms with van der Waals surface area (Å²) in [5.74, 6) is 1.02. The lowest BCUT2D eigenvalue weighted by Gasteiger charge is -2.10. The highest BCUT2D eigenvalue weighted by atomic mass is 16.6. The van der Waals surface area contributed by atoms with Crippen molar-refractivity contribution in [3.05, 3.63) is 46.0 Å². The summed E-state index contributed by atoms with van der Waals surface area (Å²) in [6, 6.07) is 5.50. The van der Waals surface area contributed by atoms with E-state index in [-0.39, 0.29) is 23.3 Å². The normalized spacial score (nSPS) is 13.7. The minimum absolute atomic E-state index is 0.00887. The van der Waals surface area contributed by atoms with Crippen molar-refractivity contribution in [2.45, 2.75) is 25.3 Å². The summed E-state index contributed by atoms with van der Waals surface area (Å²) in [5.41, 5.74) is 0.519. The number of hydrogen-bond acceptors (Lipinski definition) is 7. The molecular formula is C14H15N5O3. The van der Waals surface area contributed by atoms with E-state index in [4.69, 9.17) is 4.74 Å². The Hall–Kier alpha value is -2.77. The second kappa shape index (κ2) is 5.92. The number of nitrogens with one attached hydrogen (secondary N) is 1. The van der Waals surface area contributed by atoms with Crippen molar-refractivity contribution in [2.75, 3.05) is 12.4 Å². The first-order valence-electron chi connectivity index (χ1n) is 6.93. The highest BCUT2D eigenvalue weighted by Gasteiger charge is 2.32. The summed E-state index contributed by atoms with van der Waals surface area (Å²) in [5, 5.41) is 14.3. The molecule has 2 aromatic rings. The second-order valence-electron chi connectivity index (χ2n) is 4.99. The number of aromatic nitrogens is 3. The molecular weight excluding hydrogens is 286 g/mol. The monoisotopic (exact) mass is 301 g/mol. The van der Waals surface area contributed by atoms with E-state index in [1.54, 1.807) is 6.20 Å². The van der Waals surface area contributed by atoms with Gasteiger partial charge in [0.05, 0.1) is 24.3 Å². The van der Waals surface area contributed by atoms with Gasteiger partial charge >= 0.3 is 5.69 Å². The van der Waals surface area contributed by atoms with Crippen LogP contribution in [0.1, 0.15) is 30.3 Å². The summed E-state index contributed by atoms with van der Waals surface area (Å²) in [6.45, 7) is 0.339. The fraction of sp³-hybridized carbons (Fsp3) is 0.357. The first-order valence-corrected chi connectivity index (χ1v) is 6.93. The number of nitro groups is 1. The van der Waals surface area contributed by atoms with E-state index in [9.17, 15) is 10.1 Å². The zero-order chi connectivity index (χ0) is 15.5. The summed E-state index contributed by atoms with van der Waals surface area (Å²) >= 11 is 0. The van der Waals surface area contributed by atoms with Crippen LogP contribution in [-0.2, 0) is 6.54 Å². The van der Waals surface area contributed by atoms with Crippen LogP contribution in [-0.4, -0.2) is 27.0 Å². The molecule has 0 unspecified atom stereocenters. The second-order valence-corrected chi connectivity index (χ2v) is 4.99. The highest BCUT2D eigenvalue weighted by molar-refractivity contribution is 5.62. The molecule has 1 fully saturated rings. The molecule has 0 aliphatic heterocycles. The molecule has 1 aliphatic carbocycles. The van der Waals surface area contributed by atoms with Crippen LogP contribution in [0.2, 0.25) is 0 Å². The summed E-state index contributed by atoms with van der Waals surface area (Å²) in [4.78, 5) is 23.4. The molecule has 0 bridgehead atoms. The van der Waals surface area contributed by atoms with E-state index in [1.807, 2.05) is 18.2 Å². The van der Waals surface area contributed by atoms with Gasteiger partial charge in [0, 0.05) is 12.1 Å². The van der Waals surface area contributed by atoms with Gasteiger partial charge in [0.1, 0.15) is 5.82 Å². The molecule has 114 valence electrons. The number of nitrogens with zero attached hydrogens (tertiary/aromatic N) is 4. The van der Waals surface area contributed by atoms with Crippen molar-refractivity contribution in [1.29, 1.82) is 0 Å². The maximum Gasteiger partial charge on any atom is 0.372 e.